The summed E-state index contributed by atoms with van der Waals surface area (Å²) in [5.74, 6) is -1.47. The minimum atomic E-state index is -1.45. The van der Waals surface area contributed by atoms with Crippen LogP contribution in [-0.2, 0) is 16.1 Å². The lowest BCUT2D eigenvalue weighted by molar-refractivity contribution is -0.127. The van der Waals surface area contributed by atoms with Gasteiger partial charge in [-0.25, -0.2) is 0 Å². The Morgan fingerprint density at radius 2 is 2.11 bits per heavy atom. The Balaban J connectivity index is 2.57. The van der Waals surface area contributed by atoms with Gasteiger partial charge in [-0.15, -0.1) is 0 Å². The number of pyridine rings is 1. The van der Waals surface area contributed by atoms with Crippen LogP contribution in [0.5, 0.6) is 0 Å². The Morgan fingerprint density at radius 3 is 2.72 bits per heavy atom. The lowest BCUT2D eigenvalue weighted by Gasteiger charge is -2.09. The molecule has 0 saturated carbocycles. The molecule has 1 aromatic heterocycles. The number of amides is 2. The van der Waals surface area contributed by atoms with E-state index in [0.29, 0.717) is 5.69 Å². The third-order valence-electron chi connectivity index (χ3n) is 2.14. The second-order valence-corrected chi connectivity index (χ2v) is 3.65. The van der Waals surface area contributed by atoms with Crippen LogP contribution in [-0.4, -0.2) is 34.1 Å². The summed E-state index contributed by atoms with van der Waals surface area (Å²) in [5.41, 5.74) is 10.2. The molecule has 18 heavy (non-hydrogen) atoms. The van der Waals surface area contributed by atoms with Gasteiger partial charge in [0.25, 0.3) is 5.56 Å². The van der Waals surface area contributed by atoms with E-state index in [4.69, 9.17) is 16.6 Å². The van der Waals surface area contributed by atoms with E-state index in [9.17, 15) is 14.4 Å². The molecule has 1 aromatic rings. The van der Waals surface area contributed by atoms with Gasteiger partial charge in [-0.1, -0.05) is 0 Å². The quantitative estimate of drug-likeness (QED) is 0.455. The molecule has 1 heterocycles. The van der Waals surface area contributed by atoms with Crippen molar-refractivity contribution >= 4 is 17.5 Å². The van der Waals surface area contributed by atoms with E-state index < -0.39 is 17.9 Å². The maximum absolute atomic E-state index is 11.4. The Bertz CT molecular complexity index is 511. The molecule has 0 aromatic carbocycles. The Kier molecular flexibility index (Phi) is 4.44. The van der Waals surface area contributed by atoms with Crippen molar-refractivity contribution in [1.29, 1.82) is 0 Å². The Morgan fingerprint density at radius 1 is 1.44 bits per heavy atom. The van der Waals surface area contributed by atoms with Crippen LogP contribution in [0.3, 0.4) is 0 Å². The number of hydrogen-bond acceptors (Lipinski definition) is 5. The molecule has 0 bridgehead atoms. The number of primary amides is 1. The topological polar surface area (TPSA) is 140 Å². The van der Waals surface area contributed by atoms with Gasteiger partial charge in [0.05, 0.1) is 6.54 Å². The molecule has 8 heteroatoms. The van der Waals surface area contributed by atoms with Gasteiger partial charge < -0.3 is 26.5 Å². The number of nitrogens with zero attached hydrogens (tertiary/aromatic N) is 1. The summed E-state index contributed by atoms with van der Waals surface area (Å²) < 4.78 is 1.11. The number of aliphatic hydroxyl groups excluding tert-OH is 1. The third kappa shape index (κ3) is 3.91. The molecule has 6 N–H and O–H groups in total. The first-order valence-corrected chi connectivity index (χ1v) is 5.10. The summed E-state index contributed by atoms with van der Waals surface area (Å²) in [4.78, 5) is 33.3. The molecule has 1 rings (SSSR count). The number of nitrogens with two attached hydrogens (primary N) is 2. The number of nitrogen functional groups attached to an aromatic ring is 1. The lowest BCUT2D eigenvalue weighted by atomic mass is 10.3. The molecule has 0 saturated heterocycles. The summed E-state index contributed by atoms with van der Waals surface area (Å²) in [7, 11) is 0. The highest BCUT2D eigenvalue weighted by Crippen LogP contribution is 1.95. The smallest absolute Gasteiger partial charge is 0.251 e. The summed E-state index contributed by atoms with van der Waals surface area (Å²) in [6, 6.07) is 2.66. The highest BCUT2D eigenvalue weighted by atomic mass is 16.3. The average Bonchev–Trinajstić information content (AvgIpc) is 2.30. The first-order chi connectivity index (χ1) is 8.40. The minimum Gasteiger partial charge on any atom is -0.398 e. The zero-order valence-electron chi connectivity index (χ0n) is 9.50. The van der Waals surface area contributed by atoms with Gasteiger partial charge >= 0.3 is 0 Å². The van der Waals surface area contributed by atoms with Crippen LogP contribution in [0.1, 0.15) is 0 Å². The zero-order valence-corrected chi connectivity index (χ0v) is 9.50. The van der Waals surface area contributed by atoms with Crippen LogP contribution in [0.4, 0.5) is 5.69 Å². The number of carbonyl (C=O) groups is 2. The third-order valence-corrected chi connectivity index (χ3v) is 2.14. The van der Waals surface area contributed by atoms with Crippen LogP contribution >= 0.6 is 0 Å². The van der Waals surface area contributed by atoms with Crippen molar-refractivity contribution in [3.63, 3.8) is 0 Å². The molecule has 0 aliphatic heterocycles. The largest absolute Gasteiger partial charge is 0.398 e. The van der Waals surface area contributed by atoms with Crippen molar-refractivity contribution in [2.24, 2.45) is 5.73 Å². The Labute approximate surface area is 102 Å². The molecule has 8 nitrogen and oxygen atoms in total. The lowest BCUT2D eigenvalue weighted by Crippen LogP contribution is -2.41. The van der Waals surface area contributed by atoms with E-state index in [0.717, 1.165) is 4.57 Å². The number of hydrogen-bond donors (Lipinski definition) is 4. The fraction of sp³-hybridized carbons (Fsp3) is 0.300. The summed E-state index contributed by atoms with van der Waals surface area (Å²) in [5, 5.41) is 11.3. The van der Waals surface area contributed by atoms with Gasteiger partial charge in [-0.3, -0.25) is 14.4 Å². The fourth-order valence-electron chi connectivity index (χ4n) is 1.20. The highest BCUT2D eigenvalue weighted by molar-refractivity contribution is 5.80. The first kappa shape index (κ1) is 13.7. The van der Waals surface area contributed by atoms with Crippen molar-refractivity contribution in [3.8, 4) is 0 Å². The van der Waals surface area contributed by atoms with Gasteiger partial charge in [0.1, 0.15) is 12.6 Å². The molecule has 0 aliphatic carbocycles. The highest BCUT2D eigenvalue weighted by Gasteiger charge is 2.12. The van der Waals surface area contributed by atoms with Gasteiger partial charge in [0, 0.05) is 18.0 Å². The number of carbonyl (C=O) groups excluding carboxylic acids is 2. The van der Waals surface area contributed by atoms with Gasteiger partial charge in [-0.05, 0) is 6.07 Å². The second kappa shape index (κ2) is 5.82. The number of aromatic nitrogens is 1. The van der Waals surface area contributed by atoms with E-state index in [1.54, 1.807) is 0 Å². The van der Waals surface area contributed by atoms with Gasteiger partial charge in [0.15, 0.2) is 0 Å². The molecular formula is C10H14N4O4. The molecule has 0 spiro atoms. The van der Waals surface area contributed by atoms with E-state index in [1.807, 2.05) is 0 Å². The van der Waals surface area contributed by atoms with Crippen LogP contribution in [0.15, 0.2) is 23.1 Å². The van der Waals surface area contributed by atoms with Crippen molar-refractivity contribution in [2.45, 2.75) is 12.6 Å². The number of anilines is 1. The van der Waals surface area contributed by atoms with Crippen LogP contribution in [0.2, 0.25) is 0 Å². The van der Waals surface area contributed by atoms with Gasteiger partial charge in [0.2, 0.25) is 11.8 Å². The minimum absolute atomic E-state index is 0.255. The molecular weight excluding hydrogens is 240 g/mol. The standard InChI is InChI=1S/C10H14N4O4/c11-6-1-2-9(17)14(4-6)5-8(16)13-3-7(15)10(12)18/h1-2,4,7,15H,3,5,11H2,(H2,12,18)(H,13,16). The first-order valence-electron chi connectivity index (χ1n) is 5.10. The maximum atomic E-state index is 11.4. The summed E-state index contributed by atoms with van der Waals surface area (Å²) in [6.07, 6.45) is -0.126. The maximum Gasteiger partial charge on any atom is 0.251 e. The number of nitrogens with one attached hydrogen (secondary N) is 1. The van der Waals surface area contributed by atoms with Crippen molar-refractivity contribution in [1.82, 2.24) is 9.88 Å². The number of rotatable bonds is 5. The van der Waals surface area contributed by atoms with Crippen molar-refractivity contribution in [3.05, 3.63) is 28.7 Å². The molecule has 0 aliphatic rings. The van der Waals surface area contributed by atoms with Crippen LogP contribution < -0.4 is 22.3 Å². The van der Waals surface area contributed by atoms with Crippen molar-refractivity contribution < 1.29 is 14.7 Å². The van der Waals surface area contributed by atoms with Crippen molar-refractivity contribution in [2.75, 3.05) is 12.3 Å². The van der Waals surface area contributed by atoms with E-state index in [-0.39, 0.29) is 18.6 Å². The predicted octanol–water partition coefficient (Wildman–Crippen LogP) is -2.61. The molecule has 2 amide bonds. The summed E-state index contributed by atoms with van der Waals surface area (Å²) in [6.45, 7) is -0.555. The molecule has 0 fully saturated rings. The zero-order chi connectivity index (χ0) is 13.7. The Hall–Kier alpha value is -2.35. The van der Waals surface area contributed by atoms with Gasteiger partial charge in [-0.2, -0.15) is 0 Å². The predicted molar refractivity (Wildman–Crippen MR) is 63.3 cm³/mol. The van der Waals surface area contributed by atoms with E-state index in [2.05, 4.69) is 5.32 Å². The monoisotopic (exact) mass is 254 g/mol. The molecule has 98 valence electrons. The molecule has 1 atom stereocenters. The normalized spacial score (nSPS) is 11.8. The molecule has 0 radical (unpaired) electrons. The van der Waals surface area contributed by atoms with E-state index in [1.165, 1.54) is 18.3 Å². The fourth-order valence-corrected chi connectivity index (χ4v) is 1.20. The van der Waals surface area contributed by atoms with Crippen LogP contribution in [0.25, 0.3) is 0 Å². The number of aliphatic hydroxyl groups is 1. The second-order valence-electron chi connectivity index (χ2n) is 3.65. The average molecular weight is 254 g/mol. The SMILES string of the molecule is NC(=O)C(O)CNC(=O)Cn1cc(N)ccc1=O. The molecule has 1 unspecified atom stereocenters. The van der Waals surface area contributed by atoms with E-state index >= 15 is 0 Å². The summed E-state index contributed by atoms with van der Waals surface area (Å²) >= 11 is 0. The van der Waals surface area contributed by atoms with Crippen LogP contribution in [0, 0.1) is 0 Å².